The molecule has 0 aromatic heterocycles. The molecule has 1 aromatic rings. The zero-order valence-corrected chi connectivity index (χ0v) is 10.7. The van der Waals surface area contributed by atoms with E-state index in [-0.39, 0.29) is 19.0 Å². The summed E-state index contributed by atoms with van der Waals surface area (Å²) in [5.74, 6) is -0.189. The minimum Gasteiger partial charge on any atom is -0.352 e. The Morgan fingerprint density at radius 3 is 2.50 bits per heavy atom. The number of halogens is 3. The second-order valence-electron chi connectivity index (χ2n) is 4.94. The van der Waals surface area contributed by atoms with E-state index in [1.807, 2.05) is 30.3 Å². The summed E-state index contributed by atoms with van der Waals surface area (Å²) in [4.78, 5) is 12.3. The summed E-state index contributed by atoms with van der Waals surface area (Å²) in [5.41, 5.74) is 5.99. The van der Waals surface area contributed by atoms with Gasteiger partial charge >= 0.3 is 12.2 Å². The lowest BCUT2D eigenvalue weighted by Gasteiger charge is -2.18. The van der Waals surface area contributed by atoms with Gasteiger partial charge in [0.15, 0.2) is 0 Å². The molecule has 0 bridgehead atoms. The predicted molar refractivity (Wildman–Crippen MR) is 68.2 cm³/mol. The molecule has 1 heterocycles. The van der Waals surface area contributed by atoms with E-state index in [0.29, 0.717) is 0 Å². The van der Waals surface area contributed by atoms with Crippen LogP contribution in [0.3, 0.4) is 0 Å². The van der Waals surface area contributed by atoms with Crippen LogP contribution in [0.25, 0.3) is 0 Å². The van der Waals surface area contributed by atoms with Crippen LogP contribution < -0.4 is 11.1 Å². The minimum absolute atomic E-state index is 0.141. The maximum atomic E-state index is 12.5. The molecule has 20 heavy (non-hydrogen) atoms. The van der Waals surface area contributed by atoms with Crippen molar-refractivity contribution in [3.63, 3.8) is 0 Å². The SMILES string of the molecule is NC(=O)N[C@H]1CN(CC(F)(F)F)C[C@@H]1c1ccccc1. The fourth-order valence-electron chi connectivity index (χ4n) is 2.63. The summed E-state index contributed by atoms with van der Waals surface area (Å²) in [6.45, 7) is -0.593. The number of hydrogen-bond donors (Lipinski definition) is 2. The maximum absolute atomic E-state index is 12.5. The van der Waals surface area contributed by atoms with E-state index < -0.39 is 24.8 Å². The van der Waals surface area contributed by atoms with Gasteiger partial charge in [-0.3, -0.25) is 4.90 Å². The molecular weight excluding hydrogens is 271 g/mol. The van der Waals surface area contributed by atoms with E-state index in [1.54, 1.807) is 0 Å². The molecular formula is C13H16F3N3O. The zero-order chi connectivity index (χ0) is 14.8. The van der Waals surface area contributed by atoms with E-state index in [0.717, 1.165) is 5.56 Å². The third kappa shape index (κ3) is 3.86. The summed E-state index contributed by atoms with van der Waals surface area (Å²) in [6.07, 6.45) is -4.25. The van der Waals surface area contributed by atoms with Crippen LogP contribution in [0.15, 0.2) is 30.3 Å². The Labute approximate surface area is 114 Å². The second-order valence-corrected chi connectivity index (χ2v) is 4.94. The van der Waals surface area contributed by atoms with Crippen LogP contribution in [0.1, 0.15) is 11.5 Å². The fourth-order valence-corrected chi connectivity index (χ4v) is 2.63. The molecule has 1 aliphatic rings. The summed E-state index contributed by atoms with van der Waals surface area (Å²) < 4.78 is 37.4. The molecule has 1 aromatic carbocycles. The normalized spacial score (nSPS) is 23.8. The average Bonchev–Trinajstić information content (AvgIpc) is 2.69. The van der Waals surface area contributed by atoms with Gasteiger partial charge < -0.3 is 11.1 Å². The highest BCUT2D eigenvalue weighted by Crippen LogP contribution is 2.29. The Bertz CT molecular complexity index is 464. The van der Waals surface area contributed by atoms with Crippen molar-refractivity contribution in [3.8, 4) is 0 Å². The molecule has 2 amide bonds. The van der Waals surface area contributed by atoms with Crippen molar-refractivity contribution in [3.05, 3.63) is 35.9 Å². The molecule has 110 valence electrons. The number of carbonyl (C=O) groups is 1. The van der Waals surface area contributed by atoms with Crippen molar-refractivity contribution in [2.75, 3.05) is 19.6 Å². The van der Waals surface area contributed by atoms with Crippen molar-refractivity contribution < 1.29 is 18.0 Å². The predicted octanol–water partition coefficient (Wildman–Crippen LogP) is 1.69. The van der Waals surface area contributed by atoms with Gasteiger partial charge in [0.2, 0.25) is 0 Å². The number of rotatable bonds is 3. The molecule has 0 aliphatic carbocycles. The molecule has 2 rings (SSSR count). The Hall–Kier alpha value is -1.76. The fraction of sp³-hybridized carbons (Fsp3) is 0.462. The molecule has 2 atom stereocenters. The molecule has 1 saturated heterocycles. The number of nitrogens with one attached hydrogen (secondary N) is 1. The number of urea groups is 1. The van der Waals surface area contributed by atoms with Crippen LogP contribution in [0, 0.1) is 0 Å². The topological polar surface area (TPSA) is 58.4 Å². The number of likely N-dealkylation sites (tertiary alicyclic amines) is 1. The van der Waals surface area contributed by atoms with E-state index in [4.69, 9.17) is 5.73 Å². The first-order chi connectivity index (χ1) is 9.35. The number of carbonyl (C=O) groups excluding carboxylic acids is 1. The van der Waals surface area contributed by atoms with Gasteiger partial charge in [-0.1, -0.05) is 30.3 Å². The van der Waals surface area contributed by atoms with Gasteiger partial charge in [-0.25, -0.2) is 4.79 Å². The molecule has 1 aliphatic heterocycles. The molecule has 1 fully saturated rings. The highest BCUT2D eigenvalue weighted by atomic mass is 19.4. The molecule has 0 spiro atoms. The largest absolute Gasteiger partial charge is 0.401 e. The Balaban J connectivity index is 2.13. The molecule has 0 saturated carbocycles. The number of hydrogen-bond acceptors (Lipinski definition) is 2. The van der Waals surface area contributed by atoms with Gasteiger partial charge in [0.25, 0.3) is 0 Å². The second kappa shape index (κ2) is 5.70. The quantitative estimate of drug-likeness (QED) is 0.888. The lowest BCUT2D eigenvalue weighted by atomic mass is 9.94. The first-order valence-corrected chi connectivity index (χ1v) is 6.25. The number of benzene rings is 1. The van der Waals surface area contributed by atoms with Crippen molar-refractivity contribution >= 4 is 6.03 Å². The van der Waals surface area contributed by atoms with Gasteiger partial charge in [0.05, 0.1) is 12.6 Å². The van der Waals surface area contributed by atoms with E-state index >= 15 is 0 Å². The Morgan fingerprint density at radius 1 is 1.30 bits per heavy atom. The Kier molecular flexibility index (Phi) is 4.17. The van der Waals surface area contributed by atoms with Crippen LogP contribution in [0.5, 0.6) is 0 Å². The smallest absolute Gasteiger partial charge is 0.352 e. The summed E-state index contributed by atoms with van der Waals surface area (Å²) >= 11 is 0. The third-order valence-electron chi connectivity index (χ3n) is 3.35. The van der Waals surface area contributed by atoms with E-state index in [2.05, 4.69) is 5.32 Å². The Morgan fingerprint density at radius 2 is 1.95 bits per heavy atom. The molecule has 0 unspecified atom stereocenters. The molecule has 7 heteroatoms. The van der Waals surface area contributed by atoms with Crippen LogP contribution in [-0.4, -0.2) is 42.8 Å². The van der Waals surface area contributed by atoms with Crippen molar-refractivity contribution in [2.24, 2.45) is 5.73 Å². The number of amides is 2. The standard InChI is InChI=1S/C13H16F3N3O/c14-13(15,16)8-19-6-10(9-4-2-1-3-5-9)11(7-19)18-12(17)20/h1-5,10-11H,6-8H2,(H3,17,18,20)/t10-,11+/m1/s1. The maximum Gasteiger partial charge on any atom is 0.401 e. The molecule has 3 N–H and O–H groups in total. The van der Waals surface area contributed by atoms with Gasteiger partial charge in [-0.15, -0.1) is 0 Å². The number of nitrogens with zero attached hydrogens (tertiary/aromatic N) is 1. The lowest BCUT2D eigenvalue weighted by molar-refractivity contribution is -0.143. The number of primary amides is 1. The average molecular weight is 287 g/mol. The van der Waals surface area contributed by atoms with Gasteiger partial charge in [-0.2, -0.15) is 13.2 Å². The first kappa shape index (κ1) is 14.6. The van der Waals surface area contributed by atoms with Gasteiger partial charge in [0, 0.05) is 19.0 Å². The van der Waals surface area contributed by atoms with Gasteiger partial charge in [0.1, 0.15) is 0 Å². The van der Waals surface area contributed by atoms with Crippen molar-refractivity contribution in [1.82, 2.24) is 10.2 Å². The lowest BCUT2D eigenvalue weighted by Crippen LogP contribution is -2.43. The molecule has 0 radical (unpaired) electrons. The van der Waals surface area contributed by atoms with Crippen LogP contribution >= 0.6 is 0 Å². The number of nitrogens with two attached hydrogens (primary N) is 1. The first-order valence-electron chi connectivity index (χ1n) is 6.25. The summed E-state index contributed by atoms with van der Waals surface area (Å²) in [7, 11) is 0. The minimum atomic E-state index is -4.25. The van der Waals surface area contributed by atoms with E-state index in [9.17, 15) is 18.0 Å². The van der Waals surface area contributed by atoms with Crippen LogP contribution in [0.4, 0.5) is 18.0 Å². The van der Waals surface area contributed by atoms with Crippen molar-refractivity contribution in [2.45, 2.75) is 18.1 Å². The summed E-state index contributed by atoms with van der Waals surface area (Å²) in [5, 5.41) is 2.54. The monoisotopic (exact) mass is 287 g/mol. The van der Waals surface area contributed by atoms with Gasteiger partial charge in [-0.05, 0) is 5.56 Å². The van der Waals surface area contributed by atoms with Crippen LogP contribution in [-0.2, 0) is 0 Å². The van der Waals surface area contributed by atoms with Crippen LogP contribution in [0.2, 0.25) is 0 Å². The highest BCUT2D eigenvalue weighted by Gasteiger charge is 2.39. The van der Waals surface area contributed by atoms with E-state index in [1.165, 1.54) is 4.90 Å². The number of alkyl halides is 3. The summed E-state index contributed by atoms with van der Waals surface area (Å²) in [6, 6.07) is 8.05. The molecule has 4 nitrogen and oxygen atoms in total. The zero-order valence-electron chi connectivity index (χ0n) is 10.7. The van der Waals surface area contributed by atoms with Crippen molar-refractivity contribution in [1.29, 1.82) is 0 Å². The highest BCUT2D eigenvalue weighted by molar-refractivity contribution is 5.72. The third-order valence-corrected chi connectivity index (χ3v) is 3.35.